The van der Waals surface area contributed by atoms with Crippen LogP contribution in [0.4, 0.5) is 18.9 Å². The Labute approximate surface area is 117 Å². The van der Waals surface area contributed by atoms with Crippen LogP contribution in [0.1, 0.15) is 15.9 Å². The monoisotopic (exact) mass is 291 g/mol. The van der Waals surface area contributed by atoms with Crippen molar-refractivity contribution in [2.24, 2.45) is 0 Å². The summed E-state index contributed by atoms with van der Waals surface area (Å²) < 4.78 is 40.6. The largest absolute Gasteiger partial charge is 0.300 e. The smallest absolute Gasteiger partial charge is 0.299 e. The van der Waals surface area contributed by atoms with E-state index in [0.29, 0.717) is 0 Å². The van der Waals surface area contributed by atoms with Crippen molar-refractivity contribution in [3.63, 3.8) is 0 Å². The molecule has 2 aromatic carbocycles. The van der Waals surface area contributed by atoms with E-state index >= 15 is 0 Å². The van der Waals surface area contributed by atoms with Crippen LogP contribution in [0, 0.1) is 17.5 Å². The van der Waals surface area contributed by atoms with E-state index in [2.05, 4.69) is 0 Å². The Bertz CT molecular complexity index is 753. The standard InChI is InChI=1S/C15H8F3NO2/c16-8-4-5-9-13(6-8)19(15(21)14(9)20)7-10-11(17)2-1-3-12(10)18/h1-6H,7H2. The van der Waals surface area contributed by atoms with Crippen LogP contribution >= 0.6 is 0 Å². The summed E-state index contributed by atoms with van der Waals surface area (Å²) in [7, 11) is 0. The third-order valence-corrected chi connectivity index (χ3v) is 3.31. The second-order valence-corrected chi connectivity index (χ2v) is 4.58. The van der Waals surface area contributed by atoms with Gasteiger partial charge in [-0.1, -0.05) is 6.07 Å². The first-order valence-electron chi connectivity index (χ1n) is 6.07. The van der Waals surface area contributed by atoms with E-state index in [0.717, 1.165) is 29.2 Å². The highest BCUT2D eigenvalue weighted by Crippen LogP contribution is 2.31. The number of amides is 1. The zero-order valence-corrected chi connectivity index (χ0v) is 10.6. The Morgan fingerprint density at radius 3 is 2.29 bits per heavy atom. The first-order valence-corrected chi connectivity index (χ1v) is 6.07. The molecule has 106 valence electrons. The molecule has 1 aliphatic rings. The number of ketones is 1. The number of nitrogens with zero attached hydrogens (tertiary/aromatic N) is 1. The first-order chi connectivity index (χ1) is 9.99. The maximum atomic E-state index is 13.6. The lowest BCUT2D eigenvalue weighted by Gasteiger charge is -2.17. The predicted molar refractivity (Wildman–Crippen MR) is 68.3 cm³/mol. The first kappa shape index (κ1) is 13.4. The molecule has 0 saturated carbocycles. The van der Waals surface area contributed by atoms with Gasteiger partial charge in [0.1, 0.15) is 17.5 Å². The minimum atomic E-state index is -0.932. The van der Waals surface area contributed by atoms with Gasteiger partial charge in [0.05, 0.1) is 17.8 Å². The fourth-order valence-electron chi connectivity index (χ4n) is 2.27. The van der Waals surface area contributed by atoms with E-state index in [1.165, 1.54) is 12.1 Å². The molecule has 0 spiro atoms. The molecule has 0 fully saturated rings. The van der Waals surface area contributed by atoms with Crippen molar-refractivity contribution >= 4 is 17.4 Å². The Kier molecular flexibility index (Phi) is 3.01. The van der Waals surface area contributed by atoms with Crippen molar-refractivity contribution in [2.45, 2.75) is 6.54 Å². The maximum absolute atomic E-state index is 13.6. The van der Waals surface area contributed by atoms with Gasteiger partial charge in [0.25, 0.3) is 11.7 Å². The summed E-state index contributed by atoms with van der Waals surface area (Å²) in [4.78, 5) is 24.6. The van der Waals surface area contributed by atoms with Crippen molar-refractivity contribution in [1.29, 1.82) is 0 Å². The van der Waals surface area contributed by atoms with Crippen LogP contribution in [-0.4, -0.2) is 11.7 Å². The Balaban J connectivity index is 2.06. The molecule has 0 bridgehead atoms. The second-order valence-electron chi connectivity index (χ2n) is 4.58. The van der Waals surface area contributed by atoms with Crippen LogP contribution in [0.3, 0.4) is 0 Å². The molecule has 1 amide bonds. The molecule has 3 rings (SSSR count). The highest BCUT2D eigenvalue weighted by Gasteiger charge is 2.36. The van der Waals surface area contributed by atoms with Gasteiger partial charge in [-0.05, 0) is 30.3 Å². The zero-order valence-electron chi connectivity index (χ0n) is 10.6. The topological polar surface area (TPSA) is 37.4 Å². The number of benzene rings is 2. The fraction of sp³-hybridized carbons (Fsp3) is 0.0667. The van der Waals surface area contributed by atoms with Gasteiger partial charge in [-0.25, -0.2) is 13.2 Å². The SMILES string of the molecule is O=C1C(=O)N(Cc2c(F)cccc2F)c2cc(F)ccc21. The molecule has 1 aliphatic heterocycles. The lowest BCUT2D eigenvalue weighted by atomic mass is 10.1. The van der Waals surface area contributed by atoms with Gasteiger partial charge in [0.15, 0.2) is 0 Å². The number of anilines is 1. The number of halogens is 3. The summed E-state index contributed by atoms with van der Waals surface area (Å²) in [6.45, 7) is -0.473. The minimum absolute atomic E-state index is 0.0210. The highest BCUT2D eigenvalue weighted by atomic mass is 19.1. The van der Waals surface area contributed by atoms with E-state index in [4.69, 9.17) is 0 Å². The van der Waals surface area contributed by atoms with Crippen LogP contribution in [0.2, 0.25) is 0 Å². The second kappa shape index (κ2) is 4.73. The third-order valence-electron chi connectivity index (χ3n) is 3.31. The van der Waals surface area contributed by atoms with Crippen LogP contribution in [-0.2, 0) is 11.3 Å². The third kappa shape index (κ3) is 2.08. The van der Waals surface area contributed by atoms with Crippen molar-refractivity contribution in [3.8, 4) is 0 Å². The van der Waals surface area contributed by atoms with E-state index in [1.54, 1.807) is 0 Å². The van der Waals surface area contributed by atoms with Crippen molar-refractivity contribution in [2.75, 3.05) is 4.90 Å². The molecule has 0 unspecified atom stereocenters. The summed E-state index contributed by atoms with van der Waals surface area (Å²) in [6, 6.07) is 6.52. The van der Waals surface area contributed by atoms with E-state index < -0.39 is 35.7 Å². The van der Waals surface area contributed by atoms with Gasteiger partial charge in [0.2, 0.25) is 0 Å². The molecule has 2 aromatic rings. The summed E-state index contributed by atoms with van der Waals surface area (Å²) in [5.41, 5.74) is -0.304. The average molecular weight is 291 g/mol. The summed E-state index contributed by atoms with van der Waals surface area (Å²) >= 11 is 0. The van der Waals surface area contributed by atoms with Crippen LogP contribution in [0.5, 0.6) is 0 Å². The Hall–Kier alpha value is -2.63. The van der Waals surface area contributed by atoms with Gasteiger partial charge in [0, 0.05) is 5.56 Å². The Morgan fingerprint density at radius 2 is 1.62 bits per heavy atom. The van der Waals surface area contributed by atoms with Crippen molar-refractivity contribution in [3.05, 3.63) is 65.0 Å². The van der Waals surface area contributed by atoms with Crippen molar-refractivity contribution in [1.82, 2.24) is 0 Å². The van der Waals surface area contributed by atoms with Gasteiger partial charge < -0.3 is 4.90 Å². The van der Waals surface area contributed by atoms with E-state index in [-0.39, 0.29) is 16.8 Å². The summed E-state index contributed by atoms with van der Waals surface area (Å²) in [6.07, 6.45) is 0. The Morgan fingerprint density at radius 1 is 0.952 bits per heavy atom. The van der Waals surface area contributed by atoms with E-state index in [9.17, 15) is 22.8 Å². The average Bonchev–Trinajstić information content (AvgIpc) is 2.67. The van der Waals surface area contributed by atoms with Crippen molar-refractivity contribution < 1.29 is 22.8 Å². The van der Waals surface area contributed by atoms with Gasteiger partial charge in [-0.2, -0.15) is 0 Å². The van der Waals surface area contributed by atoms with Gasteiger partial charge in [-0.3, -0.25) is 9.59 Å². The molecule has 0 aliphatic carbocycles. The molecule has 1 heterocycles. The molecule has 0 N–H and O–H groups in total. The van der Waals surface area contributed by atoms with E-state index in [1.807, 2.05) is 0 Å². The number of hydrogen-bond acceptors (Lipinski definition) is 2. The van der Waals surface area contributed by atoms with Crippen LogP contribution < -0.4 is 4.90 Å². The zero-order chi connectivity index (χ0) is 15.1. The summed E-state index contributed by atoms with van der Waals surface area (Å²) in [5.74, 6) is -4.06. The fourth-order valence-corrected chi connectivity index (χ4v) is 2.27. The normalized spacial score (nSPS) is 13.8. The lowest BCUT2D eigenvalue weighted by molar-refractivity contribution is -0.114. The molecular formula is C15H8F3NO2. The number of Topliss-reactive ketones (excluding diaryl/α,β-unsaturated/α-hetero) is 1. The van der Waals surface area contributed by atoms with Crippen LogP contribution in [0.25, 0.3) is 0 Å². The number of hydrogen-bond donors (Lipinski definition) is 0. The summed E-state index contributed by atoms with van der Waals surface area (Å²) in [5, 5.41) is 0. The molecule has 6 heteroatoms. The molecule has 0 atom stereocenters. The number of carbonyl (C=O) groups is 2. The van der Waals surface area contributed by atoms with Crippen LogP contribution in [0.15, 0.2) is 36.4 Å². The lowest BCUT2D eigenvalue weighted by Crippen LogP contribution is -2.30. The molecule has 0 radical (unpaired) electrons. The quantitative estimate of drug-likeness (QED) is 0.798. The molecule has 0 saturated heterocycles. The highest BCUT2D eigenvalue weighted by molar-refractivity contribution is 6.52. The number of rotatable bonds is 2. The number of carbonyl (C=O) groups excluding carboxylic acids is 2. The minimum Gasteiger partial charge on any atom is -0.300 e. The predicted octanol–water partition coefficient (Wildman–Crippen LogP) is 2.83. The molecule has 0 aromatic heterocycles. The number of fused-ring (bicyclic) bond motifs is 1. The van der Waals surface area contributed by atoms with Gasteiger partial charge in [-0.15, -0.1) is 0 Å². The maximum Gasteiger partial charge on any atom is 0.299 e. The molecular weight excluding hydrogens is 283 g/mol. The molecule has 21 heavy (non-hydrogen) atoms. The molecule has 3 nitrogen and oxygen atoms in total. The van der Waals surface area contributed by atoms with Gasteiger partial charge >= 0.3 is 0 Å².